The minimum absolute atomic E-state index is 0.0559. The molecule has 3 amide bonds. The van der Waals surface area contributed by atoms with Crippen LogP contribution in [0.1, 0.15) is 18.4 Å². The van der Waals surface area contributed by atoms with E-state index in [1.807, 2.05) is 24.3 Å². The van der Waals surface area contributed by atoms with Crippen molar-refractivity contribution in [3.8, 4) is 5.75 Å². The molecular weight excluding hydrogens is 378 g/mol. The van der Waals surface area contributed by atoms with Gasteiger partial charge in [-0.2, -0.15) is 0 Å². The Morgan fingerprint density at radius 3 is 2.50 bits per heavy atom. The second-order valence-corrected chi connectivity index (χ2v) is 7.27. The van der Waals surface area contributed by atoms with Gasteiger partial charge in [-0.15, -0.1) is 0 Å². The van der Waals surface area contributed by atoms with Crippen molar-refractivity contribution in [2.75, 3.05) is 26.0 Å². The molecule has 3 rings (SSSR count). The lowest BCUT2D eigenvalue weighted by Crippen LogP contribution is -2.47. The zero-order valence-electron chi connectivity index (χ0n) is 16.0. The van der Waals surface area contributed by atoms with Crippen LogP contribution < -0.4 is 10.1 Å². The molecule has 0 radical (unpaired) electrons. The van der Waals surface area contributed by atoms with Gasteiger partial charge in [-0.05, 0) is 54.8 Å². The smallest absolute Gasteiger partial charge is 0.322 e. The maximum Gasteiger partial charge on any atom is 0.322 e. The van der Waals surface area contributed by atoms with Crippen molar-refractivity contribution >= 4 is 29.2 Å². The molecule has 0 spiro atoms. The zero-order chi connectivity index (χ0) is 20.1. The Kier molecular flexibility index (Phi) is 6.41. The lowest BCUT2D eigenvalue weighted by Gasteiger charge is -2.28. The third kappa shape index (κ3) is 4.75. The second-order valence-electron chi connectivity index (χ2n) is 6.83. The molecule has 0 saturated carbocycles. The van der Waals surface area contributed by atoms with Gasteiger partial charge < -0.3 is 19.9 Å². The molecule has 1 fully saturated rings. The highest BCUT2D eigenvalue weighted by atomic mass is 35.5. The summed E-state index contributed by atoms with van der Waals surface area (Å²) in [6, 6.07) is 13.8. The molecule has 1 atom stereocenters. The minimum atomic E-state index is -0.449. The van der Waals surface area contributed by atoms with Gasteiger partial charge in [0.15, 0.2) is 0 Å². The van der Waals surface area contributed by atoms with Gasteiger partial charge in [0, 0.05) is 30.8 Å². The first-order valence-corrected chi connectivity index (χ1v) is 9.57. The fourth-order valence-corrected chi connectivity index (χ4v) is 3.46. The topological polar surface area (TPSA) is 61.9 Å². The van der Waals surface area contributed by atoms with E-state index >= 15 is 0 Å². The number of likely N-dealkylation sites (N-methyl/N-ethyl adjacent to an activating group) is 1. The standard InChI is InChI=1S/C21H24ClN3O3/c1-24(14-15-5-11-18(28-2)12-6-15)20(26)19-4-3-13-25(19)21(27)23-17-9-7-16(22)8-10-17/h5-12,19H,3-4,13-14H2,1-2H3,(H,23,27)/t19-/m1/s1. The van der Waals surface area contributed by atoms with Crippen LogP contribution in [0.15, 0.2) is 48.5 Å². The average molecular weight is 402 g/mol. The molecule has 28 heavy (non-hydrogen) atoms. The van der Waals surface area contributed by atoms with Crippen LogP contribution in [0.2, 0.25) is 5.02 Å². The van der Waals surface area contributed by atoms with Crippen LogP contribution >= 0.6 is 11.6 Å². The van der Waals surface area contributed by atoms with E-state index in [2.05, 4.69) is 5.32 Å². The van der Waals surface area contributed by atoms with Crippen LogP contribution in [0.5, 0.6) is 5.75 Å². The van der Waals surface area contributed by atoms with Crippen molar-refractivity contribution in [3.63, 3.8) is 0 Å². The fourth-order valence-electron chi connectivity index (χ4n) is 3.33. The Labute approximate surface area is 170 Å². The monoisotopic (exact) mass is 401 g/mol. The van der Waals surface area contributed by atoms with Crippen molar-refractivity contribution in [1.82, 2.24) is 9.80 Å². The number of likely N-dealkylation sites (tertiary alicyclic amines) is 1. The van der Waals surface area contributed by atoms with Crippen LogP contribution in [0.25, 0.3) is 0 Å². The molecule has 6 nitrogen and oxygen atoms in total. The van der Waals surface area contributed by atoms with Gasteiger partial charge in [0.2, 0.25) is 5.91 Å². The van der Waals surface area contributed by atoms with E-state index in [0.717, 1.165) is 17.7 Å². The quantitative estimate of drug-likeness (QED) is 0.823. The maximum atomic E-state index is 12.9. The highest BCUT2D eigenvalue weighted by Gasteiger charge is 2.35. The van der Waals surface area contributed by atoms with E-state index in [9.17, 15) is 9.59 Å². The summed E-state index contributed by atoms with van der Waals surface area (Å²) in [4.78, 5) is 28.9. The van der Waals surface area contributed by atoms with E-state index < -0.39 is 6.04 Å². The van der Waals surface area contributed by atoms with Crippen molar-refractivity contribution in [3.05, 3.63) is 59.1 Å². The van der Waals surface area contributed by atoms with Gasteiger partial charge >= 0.3 is 6.03 Å². The summed E-state index contributed by atoms with van der Waals surface area (Å²) in [5.74, 6) is 0.721. The number of rotatable bonds is 5. The number of hydrogen-bond acceptors (Lipinski definition) is 3. The number of methoxy groups -OCH3 is 1. The summed E-state index contributed by atoms with van der Waals surface area (Å²) >= 11 is 5.88. The molecule has 1 heterocycles. The summed E-state index contributed by atoms with van der Waals surface area (Å²) in [5, 5.41) is 3.44. The predicted molar refractivity (Wildman–Crippen MR) is 110 cm³/mol. The number of hydrogen-bond donors (Lipinski definition) is 1. The molecule has 1 saturated heterocycles. The Morgan fingerprint density at radius 1 is 1.18 bits per heavy atom. The number of halogens is 1. The molecule has 7 heteroatoms. The Morgan fingerprint density at radius 2 is 1.86 bits per heavy atom. The van der Waals surface area contributed by atoms with Crippen molar-refractivity contribution in [1.29, 1.82) is 0 Å². The molecule has 0 unspecified atom stereocenters. The van der Waals surface area contributed by atoms with E-state index in [4.69, 9.17) is 16.3 Å². The minimum Gasteiger partial charge on any atom is -0.497 e. The van der Waals surface area contributed by atoms with Crippen molar-refractivity contribution < 1.29 is 14.3 Å². The molecule has 2 aromatic rings. The first-order valence-electron chi connectivity index (χ1n) is 9.19. The molecule has 1 N–H and O–H groups in total. The number of nitrogens with one attached hydrogen (secondary N) is 1. The highest BCUT2D eigenvalue weighted by molar-refractivity contribution is 6.30. The van der Waals surface area contributed by atoms with Crippen LogP contribution in [0, 0.1) is 0 Å². The number of benzene rings is 2. The number of anilines is 1. The average Bonchev–Trinajstić information content (AvgIpc) is 3.19. The summed E-state index contributed by atoms with van der Waals surface area (Å²) in [7, 11) is 3.38. The lowest BCUT2D eigenvalue weighted by molar-refractivity contribution is -0.134. The summed E-state index contributed by atoms with van der Waals surface area (Å²) in [6.07, 6.45) is 1.47. The van der Waals surface area contributed by atoms with Gasteiger partial charge in [-0.25, -0.2) is 4.79 Å². The van der Waals surface area contributed by atoms with Gasteiger partial charge in [-0.1, -0.05) is 23.7 Å². The van der Waals surface area contributed by atoms with E-state index in [-0.39, 0.29) is 11.9 Å². The number of carbonyl (C=O) groups is 2. The number of carbonyl (C=O) groups excluding carboxylic acids is 2. The molecule has 148 valence electrons. The zero-order valence-corrected chi connectivity index (χ0v) is 16.8. The third-order valence-corrected chi connectivity index (χ3v) is 5.10. The molecule has 0 aliphatic carbocycles. The highest BCUT2D eigenvalue weighted by Crippen LogP contribution is 2.22. The fraction of sp³-hybridized carbons (Fsp3) is 0.333. The molecule has 0 aromatic heterocycles. The maximum absolute atomic E-state index is 12.9. The SMILES string of the molecule is COc1ccc(CN(C)C(=O)[C@H]2CCCN2C(=O)Nc2ccc(Cl)cc2)cc1. The van der Waals surface area contributed by atoms with Crippen molar-refractivity contribution in [2.45, 2.75) is 25.4 Å². The largest absolute Gasteiger partial charge is 0.497 e. The van der Waals surface area contributed by atoms with E-state index in [0.29, 0.717) is 30.2 Å². The summed E-state index contributed by atoms with van der Waals surface area (Å²) < 4.78 is 5.16. The molecule has 1 aliphatic heterocycles. The molecule has 1 aliphatic rings. The van der Waals surface area contributed by atoms with Crippen LogP contribution in [-0.4, -0.2) is 48.5 Å². The number of nitrogens with zero attached hydrogens (tertiary/aromatic N) is 2. The first kappa shape index (κ1) is 20.0. The van der Waals surface area contributed by atoms with E-state index in [1.165, 1.54) is 0 Å². The Hall–Kier alpha value is -2.73. The van der Waals surface area contributed by atoms with Gasteiger partial charge in [0.25, 0.3) is 0 Å². The number of ether oxygens (including phenoxy) is 1. The number of urea groups is 1. The molecule has 2 aromatic carbocycles. The van der Waals surface area contributed by atoms with Crippen molar-refractivity contribution in [2.24, 2.45) is 0 Å². The van der Waals surface area contributed by atoms with Crippen LogP contribution in [-0.2, 0) is 11.3 Å². The van der Waals surface area contributed by atoms with Gasteiger partial charge in [-0.3, -0.25) is 4.79 Å². The Bertz CT molecular complexity index is 824. The Balaban J connectivity index is 1.62. The second kappa shape index (κ2) is 8.97. The number of amides is 3. The first-order chi connectivity index (χ1) is 13.5. The van der Waals surface area contributed by atoms with Gasteiger partial charge in [0.1, 0.15) is 11.8 Å². The predicted octanol–water partition coefficient (Wildman–Crippen LogP) is 4.00. The van der Waals surface area contributed by atoms with Crippen LogP contribution in [0.3, 0.4) is 0 Å². The summed E-state index contributed by atoms with van der Waals surface area (Å²) in [5.41, 5.74) is 1.66. The van der Waals surface area contributed by atoms with Crippen LogP contribution in [0.4, 0.5) is 10.5 Å². The third-order valence-electron chi connectivity index (χ3n) is 4.85. The molecular formula is C21H24ClN3O3. The lowest BCUT2D eigenvalue weighted by atomic mass is 10.1. The molecule has 0 bridgehead atoms. The van der Waals surface area contributed by atoms with E-state index in [1.54, 1.807) is 48.2 Å². The normalized spacial score (nSPS) is 16.0. The summed E-state index contributed by atoms with van der Waals surface area (Å²) in [6.45, 7) is 1.04. The van der Waals surface area contributed by atoms with Gasteiger partial charge in [0.05, 0.1) is 7.11 Å².